The maximum atomic E-state index is 12.1. The van der Waals surface area contributed by atoms with Gasteiger partial charge in [-0.05, 0) is 37.5 Å². The minimum Gasteiger partial charge on any atom is -0.507 e. The molecule has 1 amide bonds. The summed E-state index contributed by atoms with van der Waals surface area (Å²) >= 11 is 3.21. The first kappa shape index (κ1) is 14.8. The Morgan fingerprint density at radius 3 is 2.70 bits per heavy atom. The summed E-state index contributed by atoms with van der Waals surface area (Å²) in [5.41, 5.74) is 0.200. The van der Waals surface area contributed by atoms with Crippen molar-refractivity contribution in [2.45, 2.75) is 31.7 Å². The molecule has 0 bridgehead atoms. The number of halogens is 1. The van der Waals surface area contributed by atoms with E-state index in [-0.39, 0.29) is 23.3 Å². The summed E-state index contributed by atoms with van der Waals surface area (Å²) in [6.07, 6.45) is 2.66. The maximum absolute atomic E-state index is 12.1. The number of nitrogens with one attached hydrogen (secondary N) is 1. The predicted molar refractivity (Wildman–Crippen MR) is 76.7 cm³/mol. The third kappa shape index (κ3) is 3.50. The lowest BCUT2D eigenvalue weighted by Crippen LogP contribution is -2.39. The second kappa shape index (κ2) is 6.26. The molecule has 2 unspecified atom stereocenters. The average molecular weight is 342 g/mol. The van der Waals surface area contributed by atoms with Gasteiger partial charge in [-0.15, -0.1) is 0 Å². The smallest absolute Gasteiger partial charge is 0.306 e. The maximum Gasteiger partial charge on any atom is 0.306 e. The third-order valence-electron chi connectivity index (χ3n) is 3.56. The van der Waals surface area contributed by atoms with E-state index in [0.29, 0.717) is 17.3 Å². The number of benzene rings is 1. The quantitative estimate of drug-likeness (QED) is 0.788. The molecule has 2 atom stereocenters. The summed E-state index contributed by atoms with van der Waals surface area (Å²) in [5.74, 6) is -1.67. The van der Waals surface area contributed by atoms with Gasteiger partial charge in [-0.2, -0.15) is 0 Å². The van der Waals surface area contributed by atoms with Gasteiger partial charge in [0.25, 0.3) is 5.91 Å². The van der Waals surface area contributed by atoms with Crippen LogP contribution < -0.4 is 5.32 Å². The molecule has 0 aliphatic heterocycles. The topological polar surface area (TPSA) is 86.6 Å². The van der Waals surface area contributed by atoms with Crippen LogP contribution >= 0.6 is 15.9 Å². The van der Waals surface area contributed by atoms with Crippen molar-refractivity contribution in [1.29, 1.82) is 0 Å². The SMILES string of the molecule is O=C(NC1CCCC(C(=O)O)C1)c1ccc(Br)cc1O. The van der Waals surface area contributed by atoms with E-state index in [4.69, 9.17) is 5.11 Å². The predicted octanol–water partition coefficient (Wildman–Crippen LogP) is 2.53. The fraction of sp³-hybridized carbons (Fsp3) is 0.429. The molecule has 6 heteroatoms. The van der Waals surface area contributed by atoms with Crippen LogP contribution in [0, 0.1) is 5.92 Å². The van der Waals surface area contributed by atoms with Crippen molar-refractivity contribution in [3.8, 4) is 5.75 Å². The highest BCUT2D eigenvalue weighted by Crippen LogP contribution is 2.26. The molecule has 0 aromatic heterocycles. The van der Waals surface area contributed by atoms with Crippen molar-refractivity contribution in [2.75, 3.05) is 0 Å². The first-order valence-electron chi connectivity index (χ1n) is 6.49. The van der Waals surface area contributed by atoms with Crippen LogP contribution in [-0.2, 0) is 4.79 Å². The minimum absolute atomic E-state index is 0.0949. The van der Waals surface area contributed by atoms with Crippen molar-refractivity contribution in [2.24, 2.45) is 5.92 Å². The van der Waals surface area contributed by atoms with Gasteiger partial charge in [0.15, 0.2) is 0 Å². The number of rotatable bonds is 3. The van der Waals surface area contributed by atoms with Gasteiger partial charge in [0, 0.05) is 10.5 Å². The van der Waals surface area contributed by atoms with Crippen LogP contribution in [0.1, 0.15) is 36.0 Å². The zero-order chi connectivity index (χ0) is 14.7. The van der Waals surface area contributed by atoms with Crippen LogP contribution in [-0.4, -0.2) is 28.1 Å². The van der Waals surface area contributed by atoms with Crippen LogP contribution in [0.2, 0.25) is 0 Å². The molecular weight excluding hydrogens is 326 g/mol. The first-order chi connectivity index (χ1) is 9.47. The van der Waals surface area contributed by atoms with E-state index in [9.17, 15) is 14.7 Å². The summed E-state index contributed by atoms with van der Waals surface area (Å²) in [6.45, 7) is 0. The number of phenolic OH excluding ortho intramolecular Hbond substituents is 1. The van der Waals surface area contributed by atoms with Gasteiger partial charge in [-0.1, -0.05) is 22.4 Å². The third-order valence-corrected chi connectivity index (χ3v) is 4.06. The Morgan fingerprint density at radius 2 is 2.05 bits per heavy atom. The summed E-state index contributed by atoms with van der Waals surface area (Å²) in [4.78, 5) is 23.1. The molecule has 1 aliphatic rings. The summed E-state index contributed by atoms with van der Waals surface area (Å²) in [5, 5.41) is 21.6. The average Bonchev–Trinajstić information content (AvgIpc) is 2.38. The lowest BCUT2D eigenvalue weighted by molar-refractivity contribution is -0.143. The Labute approximate surface area is 125 Å². The lowest BCUT2D eigenvalue weighted by atomic mass is 9.85. The van der Waals surface area contributed by atoms with E-state index in [2.05, 4.69) is 21.2 Å². The number of amides is 1. The molecule has 0 radical (unpaired) electrons. The lowest BCUT2D eigenvalue weighted by Gasteiger charge is -2.27. The van der Waals surface area contributed by atoms with Crippen molar-refractivity contribution in [3.05, 3.63) is 28.2 Å². The molecule has 108 valence electrons. The zero-order valence-electron chi connectivity index (χ0n) is 10.8. The van der Waals surface area contributed by atoms with E-state index >= 15 is 0 Å². The molecule has 1 saturated carbocycles. The molecule has 2 rings (SSSR count). The summed E-state index contributed by atoms with van der Waals surface area (Å²) in [6, 6.07) is 4.51. The van der Waals surface area contributed by atoms with Crippen LogP contribution in [0.15, 0.2) is 22.7 Å². The fourth-order valence-electron chi connectivity index (χ4n) is 2.51. The molecule has 3 N–H and O–H groups in total. The van der Waals surface area contributed by atoms with Gasteiger partial charge in [-0.25, -0.2) is 0 Å². The highest BCUT2D eigenvalue weighted by atomic mass is 79.9. The molecule has 1 aliphatic carbocycles. The zero-order valence-corrected chi connectivity index (χ0v) is 12.4. The Morgan fingerprint density at radius 1 is 1.30 bits per heavy atom. The molecule has 20 heavy (non-hydrogen) atoms. The van der Waals surface area contributed by atoms with Crippen LogP contribution in [0.4, 0.5) is 0 Å². The van der Waals surface area contributed by atoms with Gasteiger partial charge in [0.05, 0.1) is 11.5 Å². The monoisotopic (exact) mass is 341 g/mol. The van der Waals surface area contributed by atoms with E-state index in [0.717, 1.165) is 12.8 Å². The van der Waals surface area contributed by atoms with E-state index in [1.165, 1.54) is 12.1 Å². The number of carboxylic acids is 1. The Kier molecular flexibility index (Phi) is 4.65. The fourth-order valence-corrected chi connectivity index (χ4v) is 2.85. The highest BCUT2D eigenvalue weighted by Gasteiger charge is 2.28. The van der Waals surface area contributed by atoms with Crippen LogP contribution in [0.5, 0.6) is 5.75 Å². The summed E-state index contributed by atoms with van der Waals surface area (Å²) < 4.78 is 0.690. The first-order valence-corrected chi connectivity index (χ1v) is 7.29. The minimum atomic E-state index is -0.810. The van der Waals surface area contributed by atoms with E-state index in [1.54, 1.807) is 6.07 Å². The second-order valence-electron chi connectivity index (χ2n) is 5.03. The molecule has 1 aromatic rings. The molecule has 0 saturated heterocycles. The van der Waals surface area contributed by atoms with Gasteiger partial charge in [-0.3, -0.25) is 9.59 Å². The number of aliphatic carboxylic acids is 1. The molecule has 0 heterocycles. The molecule has 5 nitrogen and oxygen atoms in total. The Balaban J connectivity index is 2.02. The standard InChI is InChI=1S/C14H16BrNO4/c15-9-4-5-11(12(17)7-9)13(18)16-10-3-1-2-8(6-10)14(19)20/h4-5,7-8,10,17H,1-3,6H2,(H,16,18)(H,19,20). The normalized spacial score (nSPS) is 22.2. The molecule has 1 aromatic carbocycles. The van der Waals surface area contributed by atoms with E-state index in [1.807, 2.05) is 0 Å². The summed E-state index contributed by atoms with van der Waals surface area (Å²) in [7, 11) is 0. The Hall–Kier alpha value is -1.56. The number of carbonyl (C=O) groups is 2. The van der Waals surface area contributed by atoms with Crippen molar-refractivity contribution >= 4 is 27.8 Å². The highest BCUT2D eigenvalue weighted by molar-refractivity contribution is 9.10. The van der Waals surface area contributed by atoms with Gasteiger partial charge >= 0.3 is 5.97 Å². The van der Waals surface area contributed by atoms with Crippen LogP contribution in [0.25, 0.3) is 0 Å². The molecular formula is C14H16BrNO4. The largest absolute Gasteiger partial charge is 0.507 e. The second-order valence-corrected chi connectivity index (χ2v) is 5.95. The number of phenols is 1. The number of hydrogen-bond donors (Lipinski definition) is 3. The van der Waals surface area contributed by atoms with E-state index < -0.39 is 11.9 Å². The van der Waals surface area contributed by atoms with Gasteiger partial charge in [0.1, 0.15) is 5.75 Å². The van der Waals surface area contributed by atoms with Gasteiger partial charge < -0.3 is 15.5 Å². The van der Waals surface area contributed by atoms with Crippen molar-refractivity contribution in [3.63, 3.8) is 0 Å². The van der Waals surface area contributed by atoms with Crippen molar-refractivity contribution in [1.82, 2.24) is 5.32 Å². The molecule has 0 spiro atoms. The number of hydrogen-bond acceptors (Lipinski definition) is 3. The number of aromatic hydroxyl groups is 1. The number of carbonyl (C=O) groups excluding carboxylic acids is 1. The Bertz CT molecular complexity index is 532. The number of carboxylic acid groups (broad SMARTS) is 1. The molecule has 1 fully saturated rings. The van der Waals surface area contributed by atoms with Crippen LogP contribution in [0.3, 0.4) is 0 Å². The van der Waals surface area contributed by atoms with Gasteiger partial charge in [0.2, 0.25) is 0 Å². The van der Waals surface area contributed by atoms with Crippen molar-refractivity contribution < 1.29 is 19.8 Å².